The summed E-state index contributed by atoms with van der Waals surface area (Å²) in [6.45, 7) is 4.75. The summed E-state index contributed by atoms with van der Waals surface area (Å²) in [5.74, 6) is -0.163. The molecule has 1 radical (unpaired) electrons. The second-order valence-corrected chi connectivity index (χ2v) is 4.19. The highest BCUT2D eigenvalue weighted by Gasteiger charge is 2.05. The third-order valence-electron chi connectivity index (χ3n) is 2.59. The number of fused-ring (bicyclic) bond motifs is 1. The van der Waals surface area contributed by atoms with Gasteiger partial charge in [-0.25, -0.2) is 9.71 Å². The second-order valence-electron chi connectivity index (χ2n) is 4.19. The summed E-state index contributed by atoms with van der Waals surface area (Å²) in [6.07, 6.45) is 0. The molecule has 2 aromatic rings. The fraction of sp³-hybridized carbons (Fsp3) is 0.286. The Kier molecular flexibility index (Phi) is 3.20. The summed E-state index contributed by atoms with van der Waals surface area (Å²) in [5.41, 5.74) is 1.09. The Bertz CT molecular complexity index is 491. The van der Waals surface area contributed by atoms with Gasteiger partial charge in [0.05, 0.1) is 0 Å². The summed E-state index contributed by atoms with van der Waals surface area (Å²) in [5, 5.41) is 6.10. The third kappa shape index (κ3) is 2.22. The monoisotopic (exact) mass is 216 g/mol. The molecule has 2 heteroatoms. The van der Waals surface area contributed by atoms with Crippen LogP contribution in [0.2, 0.25) is 0 Å². The molecule has 0 saturated heterocycles. The van der Waals surface area contributed by atoms with Crippen LogP contribution in [0.4, 0.5) is 4.39 Å². The lowest BCUT2D eigenvalue weighted by atomic mass is 10.0. The lowest BCUT2D eigenvalue weighted by molar-refractivity contribution is 0.576. The molecular weight excluding hydrogens is 201 g/mol. The van der Waals surface area contributed by atoms with E-state index in [2.05, 4.69) is 5.32 Å². The molecule has 0 spiro atoms. The largest absolute Gasteiger partial charge is 0.234 e. The Morgan fingerprint density at radius 2 is 1.75 bits per heavy atom. The molecule has 0 aliphatic carbocycles. The van der Waals surface area contributed by atoms with Crippen molar-refractivity contribution in [3.63, 3.8) is 0 Å². The Hall–Kier alpha value is -1.41. The topological polar surface area (TPSA) is 14.1 Å². The first-order chi connectivity index (χ1) is 7.68. The Balaban J connectivity index is 2.42. The summed E-state index contributed by atoms with van der Waals surface area (Å²) in [7, 11) is 0. The molecule has 0 aliphatic rings. The lowest BCUT2D eigenvalue weighted by Gasteiger charge is -2.09. The summed E-state index contributed by atoms with van der Waals surface area (Å²) in [6, 6.07) is 11.2. The maximum absolute atomic E-state index is 13.5. The van der Waals surface area contributed by atoms with E-state index in [0.717, 1.165) is 10.9 Å². The van der Waals surface area contributed by atoms with Crippen molar-refractivity contribution < 1.29 is 4.39 Å². The van der Waals surface area contributed by atoms with Crippen molar-refractivity contribution >= 4 is 10.8 Å². The van der Waals surface area contributed by atoms with Gasteiger partial charge in [-0.1, -0.05) is 30.3 Å². The van der Waals surface area contributed by atoms with Crippen LogP contribution in [-0.4, -0.2) is 6.04 Å². The van der Waals surface area contributed by atoms with Crippen molar-refractivity contribution in [2.75, 3.05) is 0 Å². The highest BCUT2D eigenvalue weighted by atomic mass is 19.1. The minimum Gasteiger partial charge on any atom is -0.234 e. The minimum atomic E-state index is -0.163. The molecule has 0 fully saturated rings. The fourth-order valence-electron chi connectivity index (χ4n) is 1.74. The summed E-state index contributed by atoms with van der Waals surface area (Å²) >= 11 is 0. The Morgan fingerprint density at radius 3 is 2.44 bits per heavy atom. The van der Waals surface area contributed by atoms with Crippen molar-refractivity contribution in [3.05, 3.63) is 47.8 Å². The van der Waals surface area contributed by atoms with Crippen molar-refractivity contribution in [2.24, 2.45) is 0 Å². The van der Waals surface area contributed by atoms with E-state index < -0.39 is 0 Å². The Labute approximate surface area is 95.3 Å². The number of benzene rings is 2. The highest BCUT2D eigenvalue weighted by Crippen LogP contribution is 2.21. The van der Waals surface area contributed by atoms with Gasteiger partial charge in [0.15, 0.2) is 0 Å². The van der Waals surface area contributed by atoms with Crippen LogP contribution in [0.25, 0.3) is 10.8 Å². The molecule has 0 heterocycles. The van der Waals surface area contributed by atoms with E-state index in [1.807, 2.05) is 44.2 Å². The quantitative estimate of drug-likeness (QED) is 0.745. The number of rotatable bonds is 3. The molecule has 16 heavy (non-hydrogen) atoms. The van der Waals surface area contributed by atoms with Gasteiger partial charge in [0, 0.05) is 18.0 Å². The smallest absolute Gasteiger partial charge is 0.131 e. The number of nitrogens with zero attached hydrogens (tertiary/aromatic N) is 1. The van der Waals surface area contributed by atoms with Crippen LogP contribution in [0, 0.1) is 5.82 Å². The molecule has 2 rings (SSSR count). The molecule has 83 valence electrons. The molecule has 0 unspecified atom stereocenters. The van der Waals surface area contributed by atoms with Crippen LogP contribution < -0.4 is 5.32 Å². The van der Waals surface area contributed by atoms with Crippen LogP contribution in [0.3, 0.4) is 0 Å². The second kappa shape index (κ2) is 4.62. The van der Waals surface area contributed by atoms with E-state index in [4.69, 9.17) is 0 Å². The molecule has 0 amide bonds. The summed E-state index contributed by atoms with van der Waals surface area (Å²) < 4.78 is 13.5. The first-order valence-corrected chi connectivity index (χ1v) is 5.51. The van der Waals surface area contributed by atoms with Gasteiger partial charge in [0.1, 0.15) is 5.82 Å². The maximum atomic E-state index is 13.5. The lowest BCUT2D eigenvalue weighted by Crippen LogP contribution is -2.14. The highest BCUT2D eigenvalue weighted by molar-refractivity contribution is 5.86. The normalized spacial score (nSPS) is 11.2. The maximum Gasteiger partial charge on any atom is 0.131 e. The minimum absolute atomic E-state index is 0.163. The molecule has 1 nitrogen and oxygen atoms in total. The molecule has 0 bridgehead atoms. The van der Waals surface area contributed by atoms with Crippen molar-refractivity contribution in [3.8, 4) is 0 Å². The average molecular weight is 216 g/mol. The number of hydrogen-bond donors (Lipinski definition) is 0. The van der Waals surface area contributed by atoms with Gasteiger partial charge in [-0.2, -0.15) is 0 Å². The van der Waals surface area contributed by atoms with Crippen LogP contribution in [-0.2, 0) is 6.54 Å². The molecule has 0 N–H and O–H groups in total. The first kappa shape index (κ1) is 11.1. The Morgan fingerprint density at radius 1 is 1.06 bits per heavy atom. The van der Waals surface area contributed by atoms with E-state index in [9.17, 15) is 4.39 Å². The van der Waals surface area contributed by atoms with E-state index in [1.54, 1.807) is 0 Å². The zero-order valence-corrected chi connectivity index (χ0v) is 9.57. The van der Waals surface area contributed by atoms with Crippen LogP contribution in [0.5, 0.6) is 0 Å². The van der Waals surface area contributed by atoms with E-state index >= 15 is 0 Å². The van der Waals surface area contributed by atoms with Crippen molar-refractivity contribution in [2.45, 2.75) is 26.4 Å². The summed E-state index contributed by atoms with van der Waals surface area (Å²) in [4.78, 5) is 0. The van der Waals surface area contributed by atoms with Gasteiger partial charge in [-0.3, -0.25) is 0 Å². The molecule has 0 saturated carbocycles. The van der Waals surface area contributed by atoms with Crippen molar-refractivity contribution in [1.29, 1.82) is 0 Å². The SMILES string of the molecule is CC(C)[N]Cc1ccc(F)c2ccccc12. The van der Waals surface area contributed by atoms with Gasteiger partial charge in [-0.05, 0) is 30.9 Å². The third-order valence-corrected chi connectivity index (χ3v) is 2.59. The van der Waals surface area contributed by atoms with Crippen LogP contribution >= 0.6 is 0 Å². The average Bonchev–Trinajstić information content (AvgIpc) is 2.28. The van der Waals surface area contributed by atoms with Gasteiger partial charge in [-0.15, -0.1) is 0 Å². The first-order valence-electron chi connectivity index (χ1n) is 5.51. The van der Waals surface area contributed by atoms with Gasteiger partial charge in [0.2, 0.25) is 0 Å². The van der Waals surface area contributed by atoms with Gasteiger partial charge < -0.3 is 0 Å². The van der Waals surface area contributed by atoms with E-state index in [0.29, 0.717) is 18.0 Å². The van der Waals surface area contributed by atoms with E-state index in [-0.39, 0.29) is 5.82 Å². The zero-order chi connectivity index (χ0) is 11.5. The standard InChI is InChI=1S/C14H15FN/c1-10(2)16-9-11-7-8-14(15)13-6-4-3-5-12(11)13/h3-8,10H,9H2,1-2H3. The zero-order valence-electron chi connectivity index (χ0n) is 9.57. The van der Waals surface area contributed by atoms with Crippen molar-refractivity contribution in [1.82, 2.24) is 5.32 Å². The number of hydrogen-bond acceptors (Lipinski definition) is 0. The molecule has 0 aliphatic heterocycles. The van der Waals surface area contributed by atoms with Gasteiger partial charge >= 0.3 is 0 Å². The molecule has 2 aromatic carbocycles. The fourth-order valence-corrected chi connectivity index (χ4v) is 1.74. The number of halogens is 1. The molecule has 0 atom stereocenters. The predicted octanol–water partition coefficient (Wildman–Crippen LogP) is 3.49. The van der Waals surface area contributed by atoms with Crippen LogP contribution in [0.15, 0.2) is 36.4 Å². The van der Waals surface area contributed by atoms with Crippen LogP contribution in [0.1, 0.15) is 19.4 Å². The molecule has 0 aromatic heterocycles. The molecular formula is C14H15FN. The predicted molar refractivity (Wildman–Crippen MR) is 64.9 cm³/mol. The van der Waals surface area contributed by atoms with E-state index in [1.165, 1.54) is 6.07 Å². The van der Waals surface area contributed by atoms with Gasteiger partial charge in [0.25, 0.3) is 0 Å².